The fourth-order valence-corrected chi connectivity index (χ4v) is 6.51. The van der Waals surface area contributed by atoms with Gasteiger partial charge in [-0.1, -0.05) is 62.4 Å². The fourth-order valence-electron chi connectivity index (χ4n) is 6.51. The first-order valence-electron chi connectivity index (χ1n) is 16.8. The molecule has 260 valence electrons. The number of carboxylic acids is 1. The Bertz CT molecular complexity index is 1230. The number of hydrogen-bond donors (Lipinski definition) is 4. The first-order valence-corrected chi connectivity index (χ1v) is 16.8. The van der Waals surface area contributed by atoms with Crippen LogP contribution < -0.4 is 16.8 Å². The molecule has 1 saturated carbocycles. The van der Waals surface area contributed by atoms with E-state index >= 15 is 0 Å². The van der Waals surface area contributed by atoms with Crippen LogP contribution in [0.3, 0.4) is 0 Å². The molecule has 13 nitrogen and oxygen atoms in total. The molecule has 0 radical (unpaired) electrons. The highest BCUT2D eigenvalue weighted by Crippen LogP contribution is 2.31. The molecule has 2 atom stereocenters. The number of benzene rings is 1. The molecule has 1 aliphatic heterocycles. The van der Waals surface area contributed by atoms with E-state index in [2.05, 4.69) is 5.32 Å². The predicted octanol–water partition coefficient (Wildman–Crippen LogP) is 2.74. The van der Waals surface area contributed by atoms with E-state index < -0.39 is 41.6 Å². The predicted molar refractivity (Wildman–Crippen MR) is 174 cm³/mol. The lowest BCUT2D eigenvalue weighted by Gasteiger charge is -2.33. The van der Waals surface area contributed by atoms with Crippen LogP contribution in [-0.4, -0.2) is 88.2 Å². The summed E-state index contributed by atoms with van der Waals surface area (Å²) in [7, 11) is 0. The maximum atomic E-state index is 13.3. The molecule has 1 saturated heterocycles. The third-order valence-corrected chi connectivity index (χ3v) is 9.31. The van der Waals surface area contributed by atoms with Crippen LogP contribution in [-0.2, 0) is 35.3 Å². The normalized spacial score (nSPS) is 17.6. The van der Waals surface area contributed by atoms with Gasteiger partial charge in [0.1, 0.15) is 6.61 Å². The van der Waals surface area contributed by atoms with Crippen molar-refractivity contribution in [3.63, 3.8) is 0 Å². The van der Waals surface area contributed by atoms with Crippen LogP contribution in [0, 0.1) is 11.8 Å². The van der Waals surface area contributed by atoms with Crippen molar-refractivity contribution in [2.45, 2.75) is 102 Å². The molecule has 0 unspecified atom stereocenters. The topological polar surface area (TPSA) is 202 Å². The highest BCUT2D eigenvalue weighted by molar-refractivity contribution is 6.16. The Morgan fingerprint density at radius 3 is 2.30 bits per heavy atom. The number of carbonyl (C=O) groups excluding carboxylic acids is 5. The monoisotopic (exact) mass is 657 g/mol. The third-order valence-electron chi connectivity index (χ3n) is 9.31. The third kappa shape index (κ3) is 11.7. The number of nitrogens with one attached hydrogen (secondary N) is 1. The van der Waals surface area contributed by atoms with E-state index in [0.29, 0.717) is 25.4 Å². The van der Waals surface area contributed by atoms with Crippen molar-refractivity contribution < 1.29 is 38.6 Å². The Labute approximate surface area is 276 Å². The Balaban J connectivity index is 1.44. The van der Waals surface area contributed by atoms with Crippen molar-refractivity contribution >= 4 is 35.6 Å². The molecule has 1 aromatic carbocycles. The van der Waals surface area contributed by atoms with Gasteiger partial charge in [-0.05, 0) is 56.4 Å². The van der Waals surface area contributed by atoms with Gasteiger partial charge < -0.3 is 31.1 Å². The molecule has 2 aliphatic rings. The first kappa shape index (κ1) is 37.6. The summed E-state index contributed by atoms with van der Waals surface area (Å²) in [6.45, 7) is 2.99. The lowest BCUT2D eigenvalue weighted by Crippen LogP contribution is -2.65. The van der Waals surface area contributed by atoms with Gasteiger partial charge in [0.15, 0.2) is 11.3 Å². The van der Waals surface area contributed by atoms with E-state index in [1.807, 2.05) is 30.3 Å². The average molecular weight is 658 g/mol. The second-order valence-corrected chi connectivity index (χ2v) is 12.9. The Hall–Kier alpha value is -3.84. The van der Waals surface area contributed by atoms with Crippen molar-refractivity contribution in [1.82, 2.24) is 15.1 Å². The number of nitrogens with zero attached hydrogens (tertiary/aromatic N) is 2. The van der Waals surface area contributed by atoms with Gasteiger partial charge >= 0.3 is 12.1 Å². The zero-order chi connectivity index (χ0) is 34.4. The van der Waals surface area contributed by atoms with Crippen LogP contribution in [0.25, 0.3) is 0 Å². The number of ketones is 1. The zero-order valence-electron chi connectivity index (χ0n) is 27.5. The average Bonchev–Trinajstić information content (AvgIpc) is 3.06. The van der Waals surface area contributed by atoms with Crippen molar-refractivity contribution in [3.8, 4) is 0 Å². The number of imide groups is 1. The molecule has 3 rings (SSSR count). The van der Waals surface area contributed by atoms with Gasteiger partial charge in [0.05, 0.1) is 19.0 Å². The number of carbonyl (C=O) groups is 6. The molecule has 0 bridgehead atoms. The second-order valence-electron chi connectivity index (χ2n) is 12.9. The molecule has 47 heavy (non-hydrogen) atoms. The van der Waals surface area contributed by atoms with Gasteiger partial charge in [0.25, 0.3) is 5.91 Å². The minimum atomic E-state index is -2.16. The van der Waals surface area contributed by atoms with Gasteiger partial charge in [0.2, 0.25) is 11.8 Å². The Kier molecular flexibility index (Phi) is 14.8. The second kappa shape index (κ2) is 18.5. The van der Waals surface area contributed by atoms with E-state index in [-0.39, 0.29) is 50.5 Å². The molecule has 0 spiro atoms. The molecule has 13 heteroatoms. The van der Waals surface area contributed by atoms with E-state index in [1.54, 1.807) is 11.8 Å². The number of ether oxygens (including phenoxy) is 1. The van der Waals surface area contributed by atoms with Crippen molar-refractivity contribution in [1.29, 1.82) is 0 Å². The minimum absolute atomic E-state index is 0.0370. The summed E-state index contributed by atoms with van der Waals surface area (Å²) < 4.78 is 5.43. The largest absolute Gasteiger partial charge is 0.481 e. The quantitative estimate of drug-likeness (QED) is 0.191. The van der Waals surface area contributed by atoms with Gasteiger partial charge in [-0.3, -0.25) is 29.3 Å². The zero-order valence-corrected chi connectivity index (χ0v) is 27.5. The summed E-state index contributed by atoms with van der Waals surface area (Å²) in [6, 6.07) is 8.00. The lowest BCUT2D eigenvalue weighted by molar-refractivity contribution is -0.145. The number of likely N-dealkylation sites (tertiary alicyclic amines) is 1. The summed E-state index contributed by atoms with van der Waals surface area (Å²) in [6.07, 6.45) is 6.62. The van der Waals surface area contributed by atoms with Crippen LogP contribution in [0.1, 0.15) is 89.5 Å². The van der Waals surface area contributed by atoms with Gasteiger partial charge in [-0.2, -0.15) is 0 Å². The molecule has 1 aliphatic carbocycles. The fraction of sp³-hybridized carbons (Fsp3) is 0.647. The summed E-state index contributed by atoms with van der Waals surface area (Å²) in [4.78, 5) is 79.1. The SMILES string of the molecule is CCN(CC(=O)NC(=O)[C@@](N)(CC1CCCCC1)C(=O)[C@@H](N)CC(=O)O)C(=O)CCCC1CCN(C(=O)OCc2ccccc2)CC1. The highest BCUT2D eigenvalue weighted by Gasteiger charge is 2.46. The molecular weight excluding hydrogens is 606 g/mol. The number of rotatable bonds is 16. The summed E-state index contributed by atoms with van der Waals surface area (Å²) in [5, 5.41) is 11.3. The minimum Gasteiger partial charge on any atom is -0.481 e. The Morgan fingerprint density at radius 1 is 1.02 bits per heavy atom. The number of likely N-dealkylation sites (N-methyl/N-ethyl adjacent to an activating group) is 1. The van der Waals surface area contributed by atoms with E-state index in [0.717, 1.165) is 56.9 Å². The number of nitrogens with two attached hydrogens (primary N) is 2. The van der Waals surface area contributed by atoms with Crippen LogP contribution in [0.5, 0.6) is 0 Å². The van der Waals surface area contributed by atoms with Crippen LogP contribution in [0.2, 0.25) is 0 Å². The first-order chi connectivity index (χ1) is 22.4. The van der Waals surface area contributed by atoms with Gasteiger partial charge in [-0.25, -0.2) is 4.79 Å². The maximum Gasteiger partial charge on any atom is 0.410 e. The molecule has 4 amide bonds. The van der Waals surface area contributed by atoms with Crippen molar-refractivity contribution in [2.75, 3.05) is 26.2 Å². The highest BCUT2D eigenvalue weighted by atomic mass is 16.6. The number of hydrogen-bond acceptors (Lipinski definition) is 9. The number of carboxylic acid groups (broad SMARTS) is 1. The van der Waals surface area contributed by atoms with E-state index in [4.69, 9.17) is 21.3 Å². The smallest absolute Gasteiger partial charge is 0.410 e. The molecule has 0 aromatic heterocycles. The van der Waals surface area contributed by atoms with Crippen LogP contribution in [0.4, 0.5) is 4.79 Å². The Morgan fingerprint density at radius 2 is 1.68 bits per heavy atom. The van der Waals surface area contributed by atoms with Crippen LogP contribution in [0.15, 0.2) is 30.3 Å². The summed E-state index contributed by atoms with van der Waals surface area (Å²) >= 11 is 0. The standard InChI is InChI=1S/C34H51N5O8/c1-2-38(29(41)15-9-14-24-16-18-39(19-17-24)33(46)47-23-26-12-7-4-8-13-26)22-28(40)37-32(45)34(36,21-25-10-5-3-6-11-25)31(44)27(35)20-30(42)43/h4,7-8,12-13,24-25,27H,2-3,5-6,9-11,14-23,35-36H2,1H3,(H,42,43)(H,37,40,45)/t27-,34+/m0/s1. The van der Waals surface area contributed by atoms with Crippen LogP contribution >= 0.6 is 0 Å². The molecular formula is C34H51N5O8. The molecule has 1 aromatic rings. The summed E-state index contributed by atoms with van der Waals surface area (Å²) in [5.41, 5.74) is 11.0. The van der Waals surface area contributed by atoms with Crippen molar-refractivity contribution in [3.05, 3.63) is 35.9 Å². The maximum absolute atomic E-state index is 13.3. The number of aliphatic carboxylic acids is 1. The van der Waals surface area contributed by atoms with Crippen molar-refractivity contribution in [2.24, 2.45) is 23.3 Å². The van der Waals surface area contributed by atoms with Gasteiger partial charge in [0, 0.05) is 26.1 Å². The van der Waals surface area contributed by atoms with E-state index in [1.165, 1.54) is 4.90 Å². The number of Topliss-reactive ketones (excluding diaryl/α,β-unsaturated/α-hetero) is 1. The lowest BCUT2D eigenvalue weighted by atomic mass is 9.75. The number of amides is 4. The molecule has 2 fully saturated rings. The van der Waals surface area contributed by atoms with E-state index in [9.17, 15) is 28.8 Å². The number of piperidine rings is 1. The molecule has 1 heterocycles. The van der Waals surface area contributed by atoms with Gasteiger partial charge in [-0.15, -0.1) is 0 Å². The summed E-state index contributed by atoms with van der Waals surface area (Å²) in [5.74, 6) is -3.95. The molecule has 6 N–H and O–H groups in total.